The van der Waals surface area contributed by atoms with E-state index in [4.69, 9.17) is 9.97 Å². The van der Waals surface area contributed by atoms with Gasteiger partial charge >= 0.3 is 0 Å². The Morgan fingerprint density at radius 1 is 0.872 bits per heavy atom. The molecule has 4 aromatic heterocycles. The Morgan fingerprint density at radius 3 is 2.13 bits per heavy atom. The van der Waals surface area contributed by atoms with Gasteiger partial charge in [0.25, 0.3) is 0 Å². The van der Waals surface area contributed by atoms with E-state index in [9.17, 15) is 9.90 Å². The number of hydrogen-bond donors (Lipinski definition) is 1. The van der Waals surface area contributed by atoms with Gasteiger partial charge in [0.15, 0.2) is 5.78 Å². The van der Waals surface area contributed by atoms with Crippen LogP contribution in [0, 0.1) is 17.9 Å². The molecule has 3 aromatic carbocycles. The van der Waals surface area contributed by atoms with Crippen LogP contribution in [0.1, 0.15) is 79.8 Å². The fourth-order valence-electron chi connectivity index (χ4n) is 6.89. The summed E-state index contributed by atoms with van der Waals surface area (Å²) in [6.07, 6.45) is 8.46. The molecule has 4 heterocycles. The number of aliphatic hydroxyl groups is 1. The number of carbonyl (C=O) groups is 1. The van der Waals surface area contributed by atoms with Crippen LogP contribution in [0.15, 0.2) is 72.9 Å². The molecule has 7 heteroatoms. The van der Waals surface area contributed by atoms with E-state index < -0.39 is 0 Å². The zero-order valence-electron chi connectivity index (χ0n) is 28.3. The number of imidazole rings is 1. The van der Waals surface area contributed by atoms with Crippen LogP contribution >= 0.6 is 0 Å². The van der Waals surface area contributed by atoms with E-state index >= 15 is 0 Å². The quantitative estimate of drug-likeness (QED) is 0.0571. The van der Waals surface area contributed by atoms with Gasteiger partial charge in [-0.2, -0.15) is 0 Å². The maximum absolute atomic E-state index is 11.7. The predicted molar refractivity (Wildman–Crippen MR) is 191 cm³/mol. The van der Waals surface area contributed by atoms with Crippen LogP contribution in [0.4, 0.5) is 0 Å². The third-order valence-electron chi connectivity index (χ3n) is 9.46. The molecule has 0 atom stereocenters. The second-order valence-corrected chi connectivity index (χ2v) is 13.3. The summed E-state index contributed by atoms with van der Waals surface area (Å²) in [7, 11) is 0. The third-order valence-corrected chi connectivity index (χ3v) is 9.46. The van der Waals surface area contributed by atoms with Crippen LogP contribution in [0.2, 0.25) is 0 Å². The Labute approximate surface area is 290 Å². The van der Waals surface area contributed by atoms with Crippen LogP contribution in [0.25, 0.3) is 59.9 Å². The van der Waals surface area contributed by atoms with Gasteiger partial charge in [0.05, 0.1) is 17.0 Å². The second-order valence-electron chi connectivity index (χ2n) is 13.3. The van der Waals surface area contributed by atoms with Crippen molar-refractivity contribution in [3.8, 4) is 0 Å². The molecule has 0 amide bonds. The zero-order valence-corrected chi connectivity index (χ0v) is 30.7. The van der Waals surface area contributed by atoms with Crippen molar-refractivity contribution in [2.75, 3.05) is 0 Å². The first kappa shape index (κ1) is 34.4. The number of ketones is 1. The summed E-state index contributed by atoms with van der Waals surface area (Å²) >= 11 is 0. The molecule has 6 nitrogen and oxygen atoms in total. The van der Waals surface area contributed by atoms with Gasteiger partial charge in [-0.25, -0.2) is 9.97 Å². The van der Waals surface area contributed by atoms with E-state index in [1.807, 2.05) is 33.9 Å². The Hall–Kier alpha value is -3.93. The van der Waals surface area contributed by atoms with Crippen LogP contribution in [-0.4, -0.2) is 30.2 Å². The van der Waals surface area contributed by atoms with Crippen LogP contribution in [0.3, 0.4) is 0 Å². The maximum atomic E-state index is 11.7. The third kappa shape index (κ3) is 5.89. The summed E-state index contributed by atoms with van der Waals surface area (Å²) in [5, 5.41) is 17.7. The molecular formula is C40H43IrN4O2-. The van der Waals surface area contributed by atoms with Gasteiger partial charge in [0, 0.05) is 65.9 Å². The molecule has 0 bridgehead atoms. The molecule has 7 rings (SSSR count). The molecule has 245 valence electrons. The van der Waals surface area contributed by atoms with E-state index in [1.54, 1.807) is 6.33 Å². The number of hydrogen-bond acceptors (Lipinski definition) is 5. The standard InChI is InChI=1S/C27H19N4.C13H24O2.Ir/c1-27(2,3)25-24-20-13-28-14-29-22(20)19-12-15-8-4-5-9-16(15)21-17-10-6-7-11-18(17)26(30-25)31(24)23(19)21;1-5-10(6-2)12(14)9-13(15)11(7-3)8-4;/h4-11,13-14H,1-3H3;9-11,14H,5-8H2,1-4H3;/q-1;;/b;12-9-;. The Kier molecular flexibility index (Phi) is 10.0. The molecule has 0 aliphatic heterocycles. The zero-order chi connectivity index (χ0) is 32.7. The van der Waals surface area contributed by atoms with E-state index in [2.05, 4.69) is 84.8 Å². The average Bonchev–Trinajstić information content (AvgIpc) is 3.48. The molecule has 47 heavy (non-hydrogen) atoms. The number of carbonyl (C=O) groups excluding carboxylic acids is 1. The molecule has 0 unspecified atom stereocenters. The van der Waals surface area contributed by atoms with Gasteiger partial charge in [-0.05, 0) is 36.6 Å². The summed E-state index contributed by atoms with van der Waals surface area (Å²) in [5.74, 6) is 0.547. The fraction of sp³-hybridized carbons (Fsp3) is 0.350. The van der Waals surface area contributed by atoms with Crippen molar-refractivity contribution in [1.82, 2.24) is 19.4 Å². The number of aromatic nitrogens is 4. The normalized spacial score (nSPS) is 12.6. The monoisotopic (exact) mass is 804 g/mol. The minimum Gasteiger partial charge on any atom is -0.512 e. The van der Waals surface area contributed by atoms with E-state index in [0.29, 0.717) is 0 Å². The van der Waals surface area contributed by atoms with Gasteiger partial charge in [-0.1, -0.05) is 107 Å². The summed E-state index contributed by atoms with van der Waals surface area (Å²) in [6, 6.07) is 20.8. The van der Waals surface area contributed by atoms with Crippen LogP contribution in [-0.2, 0) is 30.3 Å². The van der Waals surface area contributed by atoms with Crippen LogP contribution < -0.4 is 0 Å². The molecule has 1 radical (unpaired) electrons. The maximum Gasteiger partial charge on any atom is 0.162 e. The summed E-state index contributed by atoms with van der Waals surface area (Å²) in [4.78, 5) is 26.1. The minimum atomic E-state index is -0.125. The van der Waals surface area contributed by atoms with Crippen molar-refractivity contribution in [3.05, 3.63) is 84.7 Å². The molecule has 0 aliphatic carbocycles. The molecule has 7 aromatic rings. The van der Waals surface area contributed by atoms with Gasteiger partial charge in [-0.3, -0.25) is 9.78 Å². The van der Waals surface area contributed by atoms with Gasteiger partial charge in [-0.15, -0.1) is 17.5 Å². The predicted octanol–water partition coefficient (Wildman–Crippen LogP) is 10.3. The Morgan fingerprint density at radius 2 is 1.49 bits per heavy atom. The largest absolute Gasteiger partial charge is 0.512 e. The first-order chi connectivity index (χ1) is 22.1. The molecule has 0 saturated carbocycles. The Bertz CT molecular complexity index is 2240. The fourth-order valence-corrected chi connectivity index (χ4v) is 6.89. The van der Waals surface area contributed by atoms with E-state index in [1.165, 1.54) is 22.2 Å². The number of rotatable bonds is 7. The van der Waals surface area contributed by atoms with Gasteiger partial charge in [0.2, 0.25) is 0 Å². The first-order valence-corrected chi connectivity index (χ1v) is 16.6. The van der Waals surface area contributed by atoms with Gasteiger partial charge < -0.3 is 9.51 Å². The number of nitrogens with zero attached hydrogens (tertiary/aromatic N) is 4. The molecular weight excluding hydrogens is 761 g/mol. The molecule has 0 fully saturated rings. The number of fused-ring (bicyclic) bond motifs is 8. The van der Waals surface area contributed by atoms with Crippen molar-refractivity contribution in [2.24, 2.45) is 11.8 Å². The Balaban J connectivity index is 0.000000234. The van der Waals surface area contributed by atoms with Gasteiger partial charge in [0.1, 0.15) is 12.0 Å². The summed E-state index contributed by atoms with van der Waals surface area (Å²) in [6.45, 7) is 14.7. The van der Waals surface area contributed by atoms with Crippen LogP contribution in [0.5, 0.6) is 0 Å². The summed E-state index contributed by atoms with van der Waals surface area (Å²) < 4.78 is 2.34. The first-order valence-electron chi connectivity index (χ1n) is 16.6. The van der Waals surface area contributed by atoms with E-state index in [-0.39, 0.29) is 48.9 Å². The van der Waals surface area contributed by atoms with Crippen molar-refractivity contribution in [2.45, 2.75) is 79.6 Å². The number of aliphatic hydroxyl groups excluding tert-OH is 1. The second kappa shape index (κ2) is 13.7. The minimum absolute atomic E-state index is 0. The number of pyridine rings is 2. The number of allylic oxidation sites excluding steroid dienone is 2. The van der Waals surface area contributed by atoms with E-state index in [0.717, 1.165) is 75.1 Å². The number of benzene rings is 3. The smallest absolute Gasteiger partial charge is 0.162 e. The summed E-state index contributed by atoms with van der Waals surface area (Å²) in [5.41, 5.74) is 5.10. The average molecular weight is 804 g/mol. The van der Waals surface area contributed by atoms with Crippen molar-refractivity contribution in [1.29, 1.82) is 0 Å². The molecule has 0 saturated heterocycles. The molecule has 0 spiro atoms. The van der Waals surface area contributed by atoms with Crippen molar-refractivity contribution < 1.29 is 30.0 Å². The molecule has 0 aliphatic rings. The van der Waals surface area contributed by atoms with Crippen molar-refractivity contribution >= 4 is 65.7 Å². The molecule has 1 N–H and O–H groups in total. The SMILES string of the molecule is CC(C)(C)c1nc2c3ccccc3c3c4ccccc4[c-]c4c5ncncc5c1n2c43.CCC(CC)C(=O)/C=C(\O)C(CC)CC.[Ir]. The topological polar surface area (TPSA) is 80.4 Å². The van der Waals surface area contributed by atoms with Crippen molar-refractivity contribution in [3.63, 3.8) is 0 Å².